The zero-order chi connectivity index (χ0) is 15.2. The number of hydrogen-bond donors (Lipinski definition) is 3. The van der Waals surface area contributed by atoms with Gasteiger partial charge in [-0.15, -0.1) is 0 Å². The van der Waals surface area contributed by atoms with Crippen LogP contribution in [0.25, 0.3) is 0 Å². The molecule has 0 heterocycles. The van der Waals surface area contributed by atoms with E-state index in [-0.39, 0.29) is 24.6 Å². The maximum absolute atomic E-state index is 11.8. The van der Waals surface area contributed by atoms with E-state index in [2.05, 4.69) is 10.6 Å². The molecule has 1 aromatic carbocycles. The van der Waals surface area contributed by atoms with Gasteiger partial charge in [0.25, 0.3) is 0 Å². The molecule has 2 amide bonds. The molecule has 1 fully saturated rings. The molecule has 2 rings (SSSR count). The van der Waals surface area contributed by atoms with Gasteiger partial charge in [-0.3, -0.25) is 4.79 Å². The lowest BCUT2D eigenvalue weighted by atomic mass is 9.89. The third-order valence-corrected chi connectivity index (χ3v) is 3.37. The van der Waals surface area contributed by atoms with E-state index in [0.717, 1.165) is 12.8 Å². The second-order valence-electron chi connectivity index (χ2n) is 5.12. The van der Waals surface area contributed by atoms with Crippen LogP contribution in [0.2, 0.25) is 0 Å². The zero-order valence-corrected chi connectivity index (χ0v) is 12.0. The average Bonchev–Trinajstić information content (AvgIpc) is 2.36. The molecule has 3 N–H and O–H groups in total. The molecule has 0 bridgehead atoms. The van der Waals surface area contributed by atoms with Gasteiger partial charge in [-0.05, 0) is 37.5 Å². The Morgan fingerprint density at radius 2 is 2.14 bits per heavy atom. The number of carbonyl (C=O) groups excluding carboxylic acids is 1. The lowest BCUT2D eigenvalue weighted by molar-refractivity contribution is -0.136. The normalized spacial score (nSPS) is 20.4. The number of rotatable bonds is 6. The summed E-state index contributed by atoms with van der Waals surface area (Å²) >= 11 is 0. The van der Waals surface area contributed by atoms with Gasteiger partial charge in [-0.2, -0.15) is 0 Å². The van der Waals surface area contributed by atoms with Gasteiger partial charge in [0.1, 0.15) is 0 Å². The Kier molecular flexibility index (Phi) is 5.16. The Bertz CT molecular complexity index is 512. The molecule has 114 valence electrons. The molecule has 0 unspecified atom stereocenters. The molecule has 0 atom stereocenters. The Balaban J connectivity index is 1.79. The fraction of sp³-hybridized carbons (Fsp3) is 0.467. The van der Waals surface area contributed by atoms with Crippen LogP contribution in [0, 0.1) is 0 Å². The first-order chi connectivity index (χ1) is 10.1. The van der Waals surface area contributed by atoms with E-state index < -0.39 is 5.97 Å². The summed E-state index contributed by atoms with van der Waals surface area (Å²) in [4.78, 5) is 22.5. The number of ether oxygens (including phenoxy) is 1. The predicted molar refractivity (Wildman–Crippen MR) is 78.4 cm³/mol. The molecule has 0 saturated heterocycles. The molecular formula is C15H20N2O4. The van der Waals surface area contributed by atoms with Crippen LogP contribution in [0.1, 0.15) is 25.3 Å². The third kappa shape index (κ3) is 4.75. The number of carboxylic acids is 1. The van der Waals surface area contributed by atoms with Crippen molar-refractivity contribution in [2.24, 2.45) is 0 Å². The molecular weight excluding hydrogens is 272 g/mol. The van der Waals surface area contributed by atoms with Gasteiger partial charge in [-0.1, -0.05) is 12.1 Å². The maximum atomic E-state index is 11.8. The highest BCUT2D eigenvalue weighted by atomic mass is 16.5. The number of urea groups is 1. The van der Waals surface area contributed by atoms with Crippen molar-refractivity contribution in [1.82, 2.24) is 5.32 Å². The molecule has 0 radical (unpaired) electrons. The highest BCUT2D eigenvalue weighted by molar-refractivity contribution is 5.89. The van der Waals surface area contributed by atoms with E-state index in [4.69, 9.17) is 9.84 Å². The van der Waals surface area contributed by atoms with Crippen LogP contribution in [-0.2, 0) is 16.0 Å². The van der Waals surface area contributed by atoms with Gasteiger partial charge in [0.15, 0.2) is 0 Å². The average molecular weight is 292 g/mol. The molecule has 0 aliphatic heterocycles. The van der Waals surface area contributed by atoms with Crippen molar-refractivity contribution in [3.8, 4) is 0 Å². The molecule has 0 aromatic heterocycles. The Morgan fingerprint density at radius 1 is 1.38 bits per heavy atom. The van der Waals surface area contributed by atoms with Crippen molar-refractivity contribution < 1.29 is 19.4 Å². The Morgan fingerprint density at radius 3 is 2.81 bits per heavy atom. The Labute approximate surface area is 123 Å². The van der Waals surface area contributed by atoms with Crippen molar-refractivity contribution in [3.63, 3.8) is 0 Å². The number of carbonyl (C=O) groups is 2. The minimum Gasteiger partial charge on any atom is -0.481 e. The first kappa shape index (κ1) is 15.3. The van der Waals surface area contributed by atoms with Gasteiger partial charge in [0.2, 0.25) is 0 Å². The molecule has 1 aliphatic rings. The van der Waals surface area contributed by atoms with Crippen molar-refractivity contribution in [1.29, 1.82) is 0 Å². The number of hydrogen-bond acceptors (Lipinski definition) is 3. The fourth-order valence-electron chi connectivity index (χ4n) is 2.34. The third-order valence-electron chi connectivity index (χ3n) is 3.37. The summed E-state index contributed by atoms with van der Waals surface area (Å²) in [5.74, 6) is -0.895. The summed E-state index contributed by atoms with van der Waals surface area (Å²) in [5, 5.41) is 14.3. The first-order valence-electron chi connectivity index (χ1n) is 7.06. The van der Waals surface area contributed by atoms with Crippen LogP contribution in [-0.4, -0.2) is 35.9 Å². The minimum absolute atomic E-state index is 0.0597. The molecule has 0 spiro atoms. The molecule has 6 nitrogen and oxygen atoms in total. The smallest absolute Gasteiger partial charge is 0.319 e. The number of nitrogens with one attached hydrogen (secondary N) is 2. The molecule has 1 aliphatic carbocycles. The number of amides is 2. The molecule has 1 aromatic rings. The zero-order valence-electron chi connectivity index (χ0n) is 12.0. The van der Waals surface area contributed by atoms with E-state index in [1.807, 2.05) is 6.92 Å². The van der Waals surface area contributed by atoms with Crippen LogP contribution in [0.3, 0.4) is 0 Å². The van der Waals surface area contributed by atoms with Crippen LogP contribution in [0.5, 0.6) is 0 Å². The minimum atomic E-state index is -0.895. The maximum Gasteiger partial charge on any atom is 0.319 e. The topological polar surface area (TPSA) is 87.7 Å². The molecule has 21 heavy (non-hydrogen) atoms. The number of aliphatic carboxylic acids is 1. The lowest BCUT2D eigenvalue weighted by Crippen LogP contribution is -2.49. The highest BCUT2D eigenvalue weighted by Crippen LogP contribution is 2.23. The summed E-state index contributed by atoms with van der Waals surface area (Å²) in [7, 11) is 0. The monoisotopic (exact) mass is 292 g/mol. The van der Waals surface area contributed by atoms with E-state index >= 15 is 0 Å². The van der Waals surface area contributed by atoms with Crippen LogP contribution >= 0.6 is 0 Å². The number of anilines is 1. The first-order valence-corrected chi connectivity index (χ1v) is 7.06. The van der Waals surface area contributed by atoms with E-state index in [1.165, 1.54) is 0 Å². The van der Waals surface area contributed by atoms with Gasteiger partial charge in [-0.25, -0.2) is 4.79 Å². The van der Waals surface area contributed by atoms with Crippen LogP contribution in [0.4, 0.5) is 10.5 Å². The van der Waals surface area contributed by atoms with Crippen molar-refractivity contribution >= 4 is 17.7 Å². The van der Waals surface area contributed by atoms with Crippen molar-refractivity contribution in [2.45, 2.75) is 38.3 Å². The van der Waals surface area contributed by atoms with Gasteiger partial charge >= 0.3 is 12.0 Å². The largest absolute Gasteiger partial charge is 0.481 e. The predicted octanol–water partition coefficient (Wildman–Crippen LogP) is 2.00. The van der Waals surface area contributed by atoms with Gasteiger partial charge < -0.3 is 20.5 Å². The SMILES string of the molecule is CCOC1CC(NC(=O)Nc2cccc(CC(=O)O)c2)C1. The van der Waals surface area contributed by atoms with Gasteiger partial charge in [0.05, 0.1) is 12.5 Å². The second kappa shape index (κ2) is 7.08. The van der Waals surface area contributed by atoms with E-state index in [0.29, 0.717) is 17.9 Å². The second-order valence-corrected chi connectivity index (χ2v) is 5.12. The number of benzene rings is 1. The van der Waals surface area contributed by atoms with Crippen molar-refractivity contribution in [2.75, 3.05) is 11.9 Å². The van der Waals surface area contributed by atoms with Crippen LogP contribution in [0.15, 0.2) is 24.3 Å². The standard InChI is InChI=1S/C15H20N2O4/c1-2-21-13-8-12(9-13)17-15(20)16-11-5-3-4-10(6-11)7-14(18)19/h3-6,12-13H,2,7-9H2,1H3,(H,18,19)(H2,16,17,20). The van der Waals surface area contributed by atoms with Gasteiger partial charge in [0, 0.05) is 18.3 Å². The quantitative estimate of drug-likeness (QED) is 0.748. The van der Waals surface area contributed by atoms with E-state index in [9.17, 15) is 9.59 Å². The summed E-state index contributed by atoms with van der Waals surface area (Å²) in [5.41, 5.74) is 1.24. The number of carboxylic acid groups (broad SMARTS) is 1. The van der Waals surface area contributed by atoms with Crippen LogP contribution < -0.4 is 10.6 Å². The summed E-state index contributed by atoms with van der Waals surface area (Å²) in [6.07, 6.45) is 1.86. The summed E-state index contributed by atoms with van der Waals surface area (Å²) in [6, 6.07) is 6.70. The molecule has 1 saturated carbocycles. The summed E-state index contributed by atoms with van der Waals surface area (Å²) < 4.78 is 5.43. The van der Waals surface area contributed by atoms with E-state index in [1.54, 1.807) is 24.3 Å². The Hall–Kier alpha value is -2.08. The highest BCUT2D eigenvalue weighted by Gasteiger charge is 2.30. The lowest BCUT2D eigenvalue weighted by Gasteiger charge is -2.35. The summed E-state index contributed by atoms with van der Waals surface area (Å²) in [6.45, 7) is 2.65. The van der Waals surface area contributed by atoms with Crippen molar-refractivity contribution in [3.05, 3.63) is 29.8 Å². The molecule has 6 heteroatoms. The fourth-order valence-corrected chi connectivity index (χ4v) is 2.34.